The molecule has 1 aliphatic rings. The number of rotatable bonds is 5. The number of methoxy groups -OCH3 is 1. The van der Waals surface area contributed by atoms with Gasteiger partial charge in [-0.1, -0.05) is 36.4 Å². The van der Waals surface area contributed by atoms with Crippen molar-refractivity contribution in [2.24, 2.45) is 0 Å². The van der Waals surface area contributed by atoms with Gasteiger partial charge in [-0.3, -0.25) is 4.79 Å². The van der Waals surface area contributed by atoms with Crippen molar-refractivity contribution in [3.63, 3.8) is 0 Å². The molecule has 1 amide bonds. The van der Waals surface area contributed by atoms with E-state index in [0.717, 1.165) is 22.3 Å². The van der Waals surface area contributed by atoms with Crippen LogP contribution in [0.2, 0.25) is 0 Å². The molecule has 0 bridgehead atoms. The van der Waals surface area contributed by atoms with Gasteiger partial charge in [-0.05, 0) is 54.2 Å². The fourth-order valence-electron chi connectivity index (χ4n) is 3.97. The number of aromatic nitrogens is 1. The third kappa shape index (κ3) is 3.68. The number of sulfonamides is 1. The molecule has 2 aromatic carbocycles. The molecule has 0 fully saturated rings. The van der Waals surface area contributed by atoms with E-state index < -0.39 is 21.8 Å². The Morgan fingerprint density at radius 2 is 1.90 bits per heavy atom. The lowest BCUT2D eigenvalue weighted by Gasteiger charge is -2.15. The first-order chi connectivity index (χ1) is 14.4. The Labute approximate surface area is 176 Å². The van der Waals surface area contributed by atoms with Gasteiger partial charge < -0.3 is 4.74 Å². The van der Waals surface area contributed by atoms with Gasteiger partial charge in [-0.25, -0.2) is 18.1 Å². The lowest BCUT2D eigenvalue weighted by molar-refractivity contribution is -0.120. The Hall–Kier alpha value is -3.19. The van der Waals surface area contributed by atoms with Crippen molar-refractivity contribution in [3.05, 3.63) is 77.5 Å². The van der Waals surface area contributed by atoms with Crippen molar-refractivity contribution in [2.45, 2.75) is 30.6 Å². The van der Waals surface area contributed by atoms with Crippen LogP contribution in [-0.2, 0) is 21.2 Å². The minimum atomic E-state index is -3.92. The molecule has 0 spiro atoms. The zero-order valence-electron chi connectivity index (χ0n) is 16.8. The normalized spacial score (nSPS) is 15.5. The van der Waals surface area contributed by atoms with E-state index in [1.54, 1.807) is 44.5 Å². The number of pyridine rings is 1. The number of nitrogens with one attached hydrogen (secondary N) is 1. The molecule has 7 heteroatoms. The van der Waals surface area contributed by atoms with Crippen LogP contribution in [0.4, 0.5) is 0 Å². The van der Waals surface area contributed by atoms with Crippen molar-refractivity contribution < 1.29 is 17.9 Å². The summed E-state index contributed by atoms with van der Waals surface area (Å²) in [7, 11) is -2.36. The molecule has 30 heavy (non-hydrogen) atoms. The fourth-order valence-corrected chi connectivity index (χ4v) is 5.24. The zero-order valence-corrected chi connectivity index (χ0v) is 17.6. The van der Waals surface area contributed by atoms with E-state index in [4.69, 9.17) is 4.74 Å². The maximum atomic E-state index is 12.9. The van der Waals surface area contributed by atoms with Crippen molar-refractivity contribution in [1.29, 1.82) is 0 Å². The van der Waals surface area contributed by atoms with Gasteiger partial charge in [0.2, 0.25) is 11.8 Å². The first-order valence-corrected chi connectivity index (χ1v) is 11.1. The number of fused-ring (bicyclic) bond motifs is 1. The predicted molar refractivity (Wildman–Crippen MR) is 114 cm³/mol. The molecule has 1 aliphatic carbocycles. The number of nitrogens with zero attached hydrogens (tertiary/aromatic N) is 1. The van der Waals surface area contributed by atoms with Crippen LogP contribution in [0, 0.1) is 6.92 Å². The Morgan fingerprint density at radius 3 is 2.60 bits per heavy atom. The summed E-state index contributed by atoms with van der Waals surface area (Å²) in [4.78, 5) is 17.3. The van der Waals surface area contributed by atoms with Gasteiger partial charge in [0.15, 0.2) is 0 Å². The largest absolute Gasteiger partial charge is 0.481 e. The predicted octanol–water partition coefficient (Wildman–Crippen LogP) is 3.60. The van der Waals surface area contributed by atoms with E-state index in [1.807, 2.05) is 24.3 Å². The van der Waals surface area contributed by atoms with Crippen LogP contribution in [0.1, 0.15) is 29.0 Å². The quantitative estimate of drug-likeness (QED) is 0.679. The maximum absolute atomic E-state index is 12.9. The smallest absolute Gasteiger partial charge is 0.264 e. The molecule has 0 saturated heterocycles. The molecule has 1 N–H and O–H groups in total. The first-order valence-electron chi connectivity index (χ1n) is 9.65. The Bertz CT molecular complexity index is 1200. The van der Waals surface area contributed by atoms with Crippen LogP contribution in [0.3, 0.4) is 0 Å². The molecular weight excluding hydrogens is 400 g/mol. The summed E-state index contributed by atoms with van der Waals surface area (Å²) < 4.78 is 32.8. The molecular formula is C23H22N2O4S. The molecule has 0 saturated carbocycles. The second kappa shape index (κ2) is 7.91. The lowest BCUT2D eigenvalue weighted by atomic mass is 9.95. The molecule has 6 nitrogen and oxygen atoms in total. The summed E-state index contributed by atoms with van der Waals surface area (Å²) in [6, 6.07) is 16.1. The second-order valence-electron chi connectivity index (χ2n) is 7.29. The minimum absolute atomic E-state index is 0.120. The number of carbonyl (C=O) groups is 1. The summed E-state index contributed by atoms with van der Waals surface area (Å²) in [5.41, 5.74) is 4.44. The summed E-state index contributed by atoms with van der Waals surface area (Å²) in [5.74, 6) is -0.475. The SMILES string of the molecule is COc1ccc(-c2cccc3c2CCC3C(=O)NS(=O)(=O)c2ccccc2C)cn1. The van der Waals surface area contributed by atoms with Crippen molar-refractivity contribution in [3.8, 4) is 17.0 Å². The van der Waals surface area contributed by atoms with Gasteiger partial charge in [0.05, 0.1) is 17.9 Å². The highest BCUT2D eigenvalue weighted by molar-refractivity contribution is 7.90. The summed E-state index contributed by atoms with van der Waals surface area (Å²) in [6.45, 7) is 1.71. The molecule has 0 radical (unpaired) electrons. The molecule has 3 aromatic rings. The van der Waals surface area contributed by atoms with Gasteiger partial charge >= 0.3 is 0 Å². The van der Waals surface area contributed by atoms with E-state index in [1.165, 1.54) is 6.07 Å². The number of aryl methyl sites for hydroxylation is 1. The van der Waals surface area contributed by atoms with Gasteiger partial charge in [0.1, 0.15) is 0 Å². The molecule has 1 atom stereocenters. The Balaban J connectivity index is 1.62. The van der Waals surface area contributed by atoms with Crippen LogP contribution in [0.5, 0.6) is 5.88 Å². The fraction of sp³-hybridized carbons (Fsp3) is 0.217. The highest BCUT2D eigenvalue weighted by Gasteiger charge is 2.33. The van der Waals surface area contributed by atoms with Crippen LogP contribution in [-0.4, -0.2) is 26.4 Å². The van der Waals surface area contributed by atoms with Crippen LogP contribution in [0.25, 0.3) is 11.1 Å². The molecule has 4 rings (SSSR count). The van der Waals surface area contributed by atoms with Gasteiger partial charge in [0.25, 0.3) is 10.0 Å². The van der Waals surface area contributed by atoms with Crippen molar-refractivity contribution in [1.82, 2.24) is 9.71 Å². The third-order valence-electron chi connectivity index (χ3n) is 5.46. The van der Waals surface area contributed by atoms with Crippen LogP contribution >= 0.6 is 0 Å². The average molecular weight is 423 g/mol. The zero-order chi connectivity index (χ0) is 21.3. The van der Waals surface area contributed by atoms with E-state index in [-0.39, 0.29) is 4.90 Å². The number of hydrogen-bond acceptors (Lipinski definition) is 5. The van der Waals surface area contributed by atoms with E-state index >= 15 is 0 Å². The van der Waals surface area contributed by atoms with Crippen molar-refractivity contribution in [2.75, 3.05) is 7.11 Å². The molecule has 1 heterocycles. The second-order valence-corrected chi connectivity index (χ2v) is 8.94. The highest BCUT2D eigenvalue weighted by Crippen LogP contribution is 2.39. The summed E-state index contributed by atoms with van der Waals surface area (Å²) in [5, 5.41) is 0. The van der Waals surface area contributed by atoms with Gasteiger partial charge in [-0.15, -0.1) is 0 Å². The standard InChI is InChI=1S/C23H22N2O4S/c1-15-6-3-4-9-21(15)30(27,28)25-23(26)20-12-11-19-17(7-5-8-18(19)20)16-10-13-22(29-2)24-14-16/h3-10,13-14,20H,11-12H2,1-2H3,(H,25,26). The lowest BCUT2D eigenvalue weighted by Crippen LogP contribution is -2.34. The number of amides is 1. The Morgan fingerprint density at radius 1 is 1.10 bits per heavy atom. The number of hydrogen-bond donors (Lipinski definition) is 1. The first kappa shape index (κ1) is 20.1. The molecule has 1 aromatic heterocycles. The van der Waals surface area contributed by atoms with Crippen LogP contribution < -0.4 is 9.46 Å². The van der Waals surface area contributed by atoms with E-state index in [0.29, 0.717) is 24.3 Å². The third-order valence-corrected chi connectivity index (χ3v) is 6.97. The molecule has 154 valence electrons. The minimum Gasteiger partial charge on any atom is -0.481 e. The Kier molecular flexibility index (Phi) is 5.30. The topological polar surface area (TPSA) is 85.4 Å². The number of benzene rings is 2. The van der Waals surface area contributed by atoms with Crippen molar-refractivity contribution >= 4 is 15.9 Å². The van der Waals surface area contributed by atoms with Gasteiger partial charge in [0, 0.05) is 17.8 Å². The monoisotopic (exact) mass is 422 g/mol. The van der Waals surface area contributed by atoms with Crippen LogP contribution in [0.15, 0.2) is 65.7 Å². The highest BCUT2D eigenvalue weighted by atomic mass is 32.2. The van der Waals surface area contributed by atoms with E-state index in [2.05, 4.69) is 9.71 Å². The summed E-state index contributed by atoms with van der Waals surface area (Å²) in [6.07, 6.45) is 3.00. The number of ether oxygens (including phenoxy) is 1. The van der Waals surface area contributed by atoms with Gasteiger partial charge in [-0.2, -0.15) is 0 Å². The molecule has 0 aliphatic heterocycles. The summed E-state index contributed by atoms with van der Waals surface area (Å²) >= 11 is 0. The van der Waals surface area contributed by atoms with E-state index in [9.17, 15) is 13.2 Å². The average Bonchev–Trinajstić information content (AvgIpc) is 3.18. The molecule has 1 unspecified atom stereocenters. The maximum Gasteiger partial charge on any atom is 0.264 e. The number of carbonyl (C=O) groups excluding carboxylic acids is 1.